The van der Waals surface area contributed by atoms with Crippen LogP contribution < -0.4 is 10.4 Å². The van der Waals surface area contributed by atoms with Gasteiger partial charge in [-0.1, -0.05) is 0 Å². The number of ether oxygens (including phenoxy) is 1. The van der Waals surface area contributed by atoms with E-state index in [0.29, 0.717) is 12.5 Å². The molecule has 2 heterocycles. The highest BCUT2D eigenvalue weighted by Gasteiger charge is 2.10. The van der Waals surface area contributed by atoms with Gasteiger partial charge in [0.1, 0.15) is 0 Å². The second-order valence-electron chi connectivity index (χ2n) is 2.49. The molecule has 4 nitrogen and oxygen atoms in total. The monoisotopic (exact) mass is 152 g/mol. The van der Waals surface area contributed by atoms with Crippen molar-refractivity contribution in [3.63, 3.8) is 0 Å². The number of hydrogen-bond acceptors (Lipinski definition) is 3. The number of aryl methyl sites for hydroxylation is 1. The molecule has 0 atom stereocenters. The van der Waals surface area contributed by atoms with Gasteiger partial charge in [0.25, 0.3) is 0 Å². The summed E-state index contributed by atoms with van der Waals surface area (Å²) in [5.41, 5.74) is 0.654. The van der Waals surface area contributed by atoms with Crippen molar-refractivity contribution in [2.75, 3.05) is 6.61 Å². The van der Waals surface area contributed by atoms with Gasteiger partial charge in [-0.2, -0.15) is 4.98 Å². The molecule has 0 unspecified atom stereocenters. The van der Waals surface area contributed by atoms with E-state index in [4.69, 9.17) is 4.74 Å². The van der Waals surface area contributed by atoms with E-state index in [1.165, 1.54) is 0 Å². The fourth-order valence-electron chi connectivity index (χ4n) is 1.14. The molecule has 4 heteroatoms. The maximum Gasteiger partial charge on any atom is 0.348 e. The number of aromatic nitrogens is 2. The molecular formula is C7H8N2O2. The molecule has 1 aliphatic rings. The van der Waals surface area contributed by atoms with E-state index in [-0.39, 0.29) is 5.69 Å². The lowest BCUT2D eigenvalue weighted by Crippen LogP contribution is -2.17. The Labute approximate surface area is 63.2 Å². The van der Waals surface area contributed by atoms with Crippen molar-refractivity contribution >= 4 is 0 Å². The van der Waals surface area contributed by atoms with Gasteiger partial charge in [0.15, 0.2) is 0 Å². The second-order valence-corrected chi connectivity index (χ2v) is 2.49. The van der Waals surface area contributed by atoms with Gasteiger partial charge in [-0.05, 0) is 12.8 Å². The highest BCUT2D eigenvalue weighted by atomic mass is 16.5. The van der Waals surface area contributed by atoms with Crippen molar-refractivity contribution in [1.29, 1.82) is 0 Å². The number of nitrogens with zero attached hydrogens (tertiary/aromatic N) is 1. The lowest BCUT2D eigenvalue weighted by atomic mass is 10.1. The van der Waals surface area contributed by atoms with E-state index in [0.717, 1.165) is 18.4 Å². The molecular weight excluding hydrogens is 144 g/mol. The van der Waals surface area contributed by atoms with Crippen LogP contribution in [0.5, 0.6) is 5.88 Å². The van der Waals surface area contributed by atoms with Crippen LogP contribution >= 0.6 is 0 Å². The molecule has 0 radical (unpaired) electrons. The standard InChI is InChI=1S/C7H8N2O2/c10-7-8-4-5-2-1-3-11-6(5)9-7/h4H,1-3H2,(H,8,9,10). The van der Waals surface area contributed by atoms with E-state index >= 15 is 0 Å². The van der Waals surface area contributed by atoms with Crippen molar-refractivity contribution in [3.8, 4) is 5.88 Å². The van der Waals surface area contributed by atoms with Crippen molar-refractivity contribution in [3.05, 3.63) is 22.2 Å². The minimum atomic E-state index is -0.342. The maximum atomic E-state index is 10.7. The number of H-pyrrole nitrogens is 1. The third kappa shape index (κ3) is 1.11. The maximum absolute atomic E-state index is 10.7. The fourth-order valence-corrected chi connectivity index (χ4v) is 1.14. The normalized spacial score (nSPS) is 15.3. The minimum absolute atomic E-state index is 0.342. The van der Waals surface area contributed by atoms with Crippen LogP contribution in [0, 0.1) is 0 Å². The highest BCUT2D eigenvalue weighted by molar-refractivity contribution is 5.23. The zero-order chi connectivity index (χ0) is 7.68. The van der Waals surface area contributed by atoms with Crippen LogP contribution in [-0.4, -0.2) is 16.6 Å². The molecule has 0 aliphatic carbocycles. The summed E-state index contributed by atoms with van der Waals surface area (Å²) in [5.74, 6) is 0.500. The number of nitrogens with one attached hydrogen (secondary N) is 1. The van der Waals surface area contributed by atoms with E-state index < -0.39 is 0 Å². The van der Waals surface area contributed by atoms with Crippen LogP contribution in [0.3, 0.4) is 0 Å². The Bertz CT molecular complexity index is 318. The van der Waals surface area contributed by atoms with Crippen LogP contribution in [0.1, 0.15) is 12.0 Å². The highest BCUT2D eigenvalue weighted by Crippen LogP contribution is 2.18. The average molecular weight is 152 g/mol. The summed E-state index contributed by atoms with van der Waals surface area (Å²) in [6, 6.07) is 0. The van der Waals surface area contributed by atoms with Gasteiger partial charge >= 0.3 is 5.69 Å². The van der Waals surface area contributed by atoms with Gasteiger partial charge in [-0.25, -0.2) is 4.79 Å². The molecule has 0 aromatic carbocycles. The molecule has 0 saturated carbocycles. The molecule has 1 aliphatic heterocycles. The first kappa shape index (κ1) is 6.39. The molecule has 2 rings (SSSR count). The summed E-state index contributed by atoms with van der Waals surface area (Å²) in [5, 5.41) is 0. The van der Waals surface area contributed by atoms with Gasteiger partial charge in [0.05, 0.1) is 6.61 Å². The molecule has 0 saturated heterocycles. The largest absolute Gasteiger partial charge is 0.477 e. The van der Waals surface area contributed by atoms with Crippen molar-refractivity contribution < 1.29 is 4.74 Å². The SMILES string of the molecule is O=c1nc2c(c[nH]1)CCCO2. The van der Waals surface area contributed by atoms with Crippen LogP contribution in [0.25, 0.3) is 0 Å². The van der Waals surface area contributed by atoms with E-state index in [1.807, 2.05) is 0 Å². The van der Waals surface area contributed by atoms with Gasteiger partial charge in [-0.15, -0.1) is 0 Å². The van der Waals surface area contributed by atoms with Crippen LogP contribution in [-0.2, 0) is 6.42 Å². The first-order valence-electron chi connectivity index (χ1n) is 3.58. The summed E-state index contributed by atoms with van der Waals surface area (Å²) in [6.45, 7) is 0.670. The van der Waals surface area contributed by atoms with E-state index in [2.05, 4.69) is 9.97 Å². The smallest absolute Gasteiger partial charge is 0.348 e. The average Bonchev–Trinajstić information content (AvgIpc) is 2.04. The van der Waals surface area contributed by atoms with E-state index in [9.17, 15) is 4.79 Å². The Hall–Kier alpha value is -1.32. The Morgan fingerprint density at radius 2 is 2.55 bits per heavy atom. The first-order valence-corrected chi connectivity index (χ1v) is 3.58. The third-order valence-electron chi connectivity index (χ3n) is 1.68. The lowest BCUT2D eigenvalue weighted by molar-refractivity contribution is 0.274. The van der Waals surface area contributed by atoms with Gasteiger partial charge in [0.2, 0.25) is 5.88 Å². The topological polar surface area (TPSA) is 55.0 Å². The lowest BCUT2D eigenvalue weighted by Gasteiger charge is -2.13. The van der Waals surface area contributed by atoms with Crippen LogP contribution in [0.15, 0.2) is 11.0 Å². The molecule has 1 aromatic rings. The number of hydrogen-bond donors (Lipinski definition) is 1. The summed E-state index contributed by atoms with van der Waals surface area (Å²) in [4.78, 5) is 16.9. The zero-order valence-electron chi connectivity index (χ0n) is 5.96. The number of fused-ring (bicyclic) bond motifs is 1. The van der Waals surface area contributed by atoms with Gasteiger partial charge in [0, 0.05) is 11.8 Å². The fraction of sp³-hybridized carbons (Fsp3) is 0.429. The van der Waals surface area contributed by atoms with E-state index in [1.54, 1.807) is 6.20 Å². The second kappa shape index (κ2) is 2.38. The van der Waals surface area contributed by atoms with Crippen LogP contribution in [0.4, 0.5) is 0 Å². The predicted octanol–water partition coefficient (Wildman–Crippen LogP) is 0.0949. The van der Waals surface area contributed by atoms with Crippen LogP contribution in [0.2, 0.25) is 0 Å². The number of rotatable bonds is 0. The first-order chi connectivity index (χ1) is 5.36. The molecule has 1 N–H and O–H groups in total. The number of aromatic amines is 1. The Morgan fingerprint density at radius 1 is 1.64 bits per heavy atom. The van der Waals surface area contributed by atoms with Gasteiger partial charge in [-0.3, -0.25) is 0 Å². The van der Waals surface area contributed by atoms with Crippen molar-refractivity contribution in [1.82, 2.24) is 9.97 Å². The molecule has 0 bridgehead atoms. The Kier molecular flexibility index (Phi) is 1.38. The summed E-state index contributed by atoms with van der Waals surface area (Å²) in [7, 11) is 0. The predicted molar refractivity (Wildman–Crippen MR) is 38.7 cm³/mol. The zero-order valence-corrected chi connectivity index (χ0v) is 5.96. The summed E-state index contributed by atoms with van der Waals surface area (Å²) in [6.07, 6.45) is 3.61. The molecule has 0 fully saturated rings. The molecule has 58 valence electrons. The molecule has 0 amide bonds. The summed E-state index contributed by atoms with van der Waals surface area (Å²) < 4.78 is 5.17. The quantitative estimate of drug-likeness (QED) is 0.573. The van der Waals surface area contributed by atoms with Crippen molar-refractivity contribution in [2.24, 2.45) is 0 Å². The van der Waals surface area contributed by atoms with Gasteiger partial charge < -0.3 is 9.72 Å². The third-order valence-corrected chi connectivity index (χ3v) is 1.68. The Morgan fingerprint density at radius 3 is 3.45 bits per heavy atom. The molecule has 1 aromatic heterocycles. The Balaban J connectivity index is 2.51. The molecule has 11 heavy (non-hydrogen) atoms. The van der Waals surface area contributed by atoms with Crippen molar-refractivity contribution in [2.45, 2.75) is 12.8 Å². The summed E-state index contributed by atoms with van der Waals surface area (Å²) >= 11 is 0. The molecule has 0 spiro atoms. The minimum Gasteiger partial charge on any atom is -0.477 e.